The third kappa shape index (κ3) is 4.34. The molecule has 0 saturated heterocycles. The highest BCUT2D eigenvalue weighted by molar-refractivity contribution is 9.10. The summed E-state index contributed by atoms with van der Waals surface area (Å²) < 4.78 is 8.39. The molecule has 0 aliphatic carbocycles. The second kappa shape index (κ2) is 8.05. The summed E-state index contributed by atoms with van der Waals surface area (Å²) in [4.78, 5) is 12.4. The number of aromatic nitrogens is 4. The van der Waals surface area contributed by atoms with Gasteiger partial charge in [0.25, 0.3) is 5.22 Å². The van der Waals surface area contributed by atoms with E-state index < -0.39 is 5.25 Å². The predicted octanol–water partition coefficient (Wildman–Crippen LogP) is 4.40. The van der Waals surface area contributed by atoms with E-state index in [0.717, 1.165) is 10.0 Å². The molecule has 3 aromatic rings. The van der Waals surface area contributed by atoms with Crippen molar-refractivity contribution >= 4 is 39.4 Å². The third-order valence-corrected chi connectivity index (χ3v) is 5.02. The molecule has 3 rings (SSSR count). The molecule has 1 unspecified atom stereocenters. The number of nitrogens with zero attached hydrogens (tertiary/aromatic N) is 4. The van der Waals surface area contributed by atoms with Gasteiger partial charge in [-0.05, 0) is 45.0 Å². The van der Waals surface area contributed by atoms with Crippen LogP contribution in [0.25, 0.3) is 11.5 Å². The Morgan fingerprint density at radius 1 is 1.19 bits per heavy atom. The van der Waals surface area contributed by atoms with Gasteiger partial charge in [-0.25, -0.2) is 4.68 Å². The van der Waals surface area contributed by atoms with Crippen molar-refractivity contribution in [2.75, 3.05) is 5.32 Å². The summed E-state index contributed by atoms with van der Waals surface area (Å²) in [5, 5.41) is 15.1. The lowest BCUT2D eigenvalue weighted by Gasteiger charge is -2.13. The van der Waals surface area contributed by atoms with E-state index in [9.17, 15) is 4.79 Å². The Balaban J connectivity index is 1.64. The lowest BCUT2D eigenvalue weighted by Crippen LogP contribution is -2.24. The fraction of sp³-hybridized carbons (Fsp3) is 0.294. The molecular formula is C17H18BrN5O2S. The van der Waals surface area contributed by atoms with Crippen LogP contribution in [-0.4, -0.2) is 31.1 Å². The molecule has 136 valence electrons. The molecular weight excluding hydrogens is 418 g/mol. The highest BCUT2D eigenvalue weighted by Gasteiger charge is 2.20. The van der Waals surface area contributed by atoms with Crippen LogP contribution < -0.4 is 5.32 Å². The topological polar surface area (TPSA) is 85.8 Å². The van der Waals surface area contributed by atoms with Crippen molar-refractivity contribution in [1.82, 2.24) is 20.0 Å². The zero-order valence-corrected chi connectivity index (χ0v) is 16.9. The molecule has 7 nitrogen and oxygen atoms in total. The molecule has 1 amide bonds. The molecule has 1 N–H and O–H groups in total. The van der Waals surface area contributed by atoms with E-state index in [-0.39, 0.29) is 11.9 Å². The Kier molecular flexibility index (Phi) is 5.77. The lowest BCUT2D eigenvalue weighted by molar-refractivity contribution is -0.115. The number of rotatable bonds is 6. The molecule has 2 heterocycles. The molecule has 0 aliphatic heterocycles. The van der Waals surface area contributed by atoms with E-state index in [2.05, 4.69) is 36.5 Å². The zero-order chi connectivity index (χ0) is 18.7. The van der Waals surface area contributed by atoms with Gasteiger partial charge >= 0.3 is 0 Å². The molecule has 26 heavy (non-hydrogen) atoms. The van der Waals surface area contributed by atoms with Crippen LogP contribution in [0.1, 0.15) is 26.8 Å². The summed E-state index contributed by atoms with van der Waals surface area (Å²) in [5.74, 6) is 0.935. The number of carbonyl (C=O) groups excluding carboxylic acids is 1. The average molecular weight is 436 g/mol. The Morgan fingerprint density at radius 2 is 1.92 bits per heavy atom. The van der Waals surface area contributed by atoms with Crippen LogP contribution in [0.2, 0.25) is 0 Å². The number of halogens is 1. The van der Waals surface area contributed by atoms with Crippen LogP contribution >= 0.6 is 27.7 Å². The summed E-state index contributed by atoms with van der Waals surface area (Å²) in [7, 11) is 0. The number of benzene rings is 1. The van der Waals surface area contributed by atoms with Gasteiger partial charge in [0.05, 0.1) is 11.4 Å². The second-order valence-electron chi connectivity index (χ2n) is 5.88. The first-order chi connectivity index (χ1) is 12.4. The molecule has 1 aromatic carbocycles. The zero-order valence-electron chi connectivity index (χ0n) is 14.5. The maximum Gasteiger partial charge on any atom is 0.277 e. The number of thioether (sulfide) groups is 1. The third-order valence-electron chi connectivity index (χ3n) is 3.56. The second-order valence-corrected chi connectivity index (χ2v) is 8.09. The average Bonchev–Trinajstić information content (AvgIpc) is 3.25. The van der Waals surface area contributed by atoms with Crippen LogP contribution in [0.3, 0.4) is 0 Å². The van der Waals surface area contributed by atoms with Crippen LogP contribution in [0.5, 0.6) is 0 Å². The summed E-state index contributed by atoms with van der Waals surface area (Å²) in [5.41, 5.74) is 0.825. The summed E-state index contributed by atoms with van der Waals surface area (Å²) in [6.45, 7) is 5.80. The number of carbonyl (C=O) groups is 1. The number of hydrogen-bond donors (Lipinski definition) is 1. The quantitative estimate of drug-likeness (QED) is 0.577. The number of nitrogens with one attached hydrogen (secondary N) is 1. The minimum Gasteiger partial charge on any atom is -0.411 e. The molecule has 9 heteroatoms. The van der Waals surface area contributed by atoms with E-state index in [1.807, 2.05) is 38.1 Å². The largest absolute Gasteiger partial charge is 0.411 e. The normalized spacial score (nSPS) is 12.3. The molecule has 0 fully saturated rings. The van der Waals surface area contributed by atoms with Gasteiger partial charge < -0.3 is 9.73 Å². The summed E-state index contributed by atoms with van der Waals surface area (Å²) in [6, 6.07) is 9.51. The monoisotopic (exact) mass is 435 g/mol. The van der Waals surface area contributed by atoms with E-state index in [1.165, 1.54) is 11.8 Å². The molecule has 0 bridgehead atoms. The van der Waals surface area contributed by atoms with Gasteiger partial charge in [-0.15, -0.1) is 10.2 Å². The molecule has 0 radical (unpaired) electrons. The Labute approximate surface area is 163 Å². The van der Waals surface area contributed by atoms with Gasteiger partial charge in [-0.2, -0.15) is 5.10 Å². The van der Waals surface area contributed by atoms with E-state index in [4.69, 9.17) is 4.42 Å². The predicted molar refractivity (Wildman–Crippen MR) is 104 cm³/mol. The maximum absolute atomic E-state index is 12.4. The molecule has 0 spiro atoms. The molecule has 1 atom stereocenters. The van der Waals surface area contributed by atoms with Crippen molar-refractivity contribution in [3.63, 3.8) is 0 Å². The van der Waals surface area contributed by atoms with Gasteiger partial charge in [-0.3, -0.25) is 4.79 Å². The maximum atomic E-state index is 12.4. The summed E-state index contributed by atoms with van der Waals surface area (Å²) >= 11 is 4.60. The highest BCUT2D eigenvalue weighted by Crippen LogP contribution is 2.27. The van der Waals surface area contributed by atoms with Crippen LogP contribution in [0, 0.1) is 0 Å². The minimum absolute atomic E-state index is 0.152. The fourth-order valence-electron chi connectivity index (χ4n) is 2.22. The SMILES string of the molecule is CC(Sc1nnc(-c2ccc(Br)cc2)o1)C(=O)Nc1ccnn1C(C)C. The molecule has 0 saturated carbocycles. The van der Waals surface area contributed by atoms with Crippen molar-refractivity contribution in [1.29, 1.82) is 0 Å². The van der Waals surface area contributed by atoms with Crippen molar-refractivity contribution in [3.8, 4) is 11.5 Å². The van der Waals surface area contributed by atoms with E-state index in [1.54, 1.807) is 23.9 Å². The fourth-order valence-corrected chi connectivity index (χ4v) is 3.17. The van der Waals surface area contributed by atoms with Gasteiger partial charge in [0, 0.05) is 22.1 Å². The standard InChI is InChI=1S/C17H18BrN5O2S/c1-10(2)23-14(8-9-19-23)20-15(24)11(3)26-17-22-21-16(25-17)12-4-6-13(18)7-5-12/h4-11H,1-3H3,(H,20,24). The van der Waals surface area contributed by atoms with Crippen LogP contribution in [-0.2, 0) is 4.79 Å². The van der Waals surface area contributed by atoms with E-state index in [0.29, 0.717) is 16.9 Å². The number of hydrogen-bond acceptors (Lipinski definition) is 6. The van der Waals surface area contributed by atoms with Crippen LogP contribution in [0.15, 0.2) is 50.6 Å². The smallest absolute Gasteiger partial charge is 0.277 e. The Morgan fingerprint density at radius 3 is 2.62 bits per heavy atom. The summed E-state index contributed by atoms with van der Waals surface area (Å²) in [6.07, 6.45) is 1.66. The van der Waals surface area contributed by atoms with Crippen LogP contribution in [0.4, 0.5) is 5.82 Å². The lowest BCUT2D eigenvalue weighted by atomic mass is 10.2. The number of amides is 1. The van der Waals surface area contributed by atoms with Gasteiger partial charge in [-0.1, -0.05) is 27.7 Å². The van der Waals surface area contributed by atoms with Gasteiger partial charge in [0.15, 0.2) is 0 Å². The van der Waals surface area contributed by atoms with Crippen molar-refractivity contribution in [2.45, 2.75) is 37.3 Å². The first-order valence-corrected chi connectivity index (χ1v) is 9.72. The number of anilines is 1. The Bertz CT molecular complexity index is 891. The van der Waals surface area contributed by atoms with E-state index >= 15 is 0 Å². The van der Waals surface area contributed by atoms with Gasteiger partial charge in [0.1, 0.15) is 5.82 Å². The first kappa shape index (κ1) is 18.7. The molecule has 2 aromatic heterocycles. The van der Waals surface area contributed by atoms with Crippen molar-refractivity contribution in [3.05, 3.63) is 41.0 Å². The highest BCUT2D eigenvalue weighted by atomic mass is 79.9. The molecule has 0 aliphatic rings. The van der Waals surface area contributed by atoms with Gasteiger partial charge in [0.2, 0.25) is 11.8 Å². The Hall–Kier alpha value is -2.13. The first-order valence-electron chi connectivity index (χ1n) is 8.04. The van der Waals surface area contributed by atoms with Crippen molar-refractivity contribution < 1.29 is 9.21 Å². The van der Waals surface area contributed by atoms with Crippen molar-refractivity contribution in [2.24, 2.45) is 0 Å². The minimum atomic E-state index is -0.399.